The molecule has 8 heteroatoms. The predicted octanol–water partition coefficient (Wildman–Crippen LogP) is 2.93. The summed E-state index contributed by atoms with van der Waals surface area (Å²) in [4.78, 5) is 44.0. The van der Waals surface area contributed by atoms with Gasteiger partial charge >= 0.3 is 5.69 Å². The highest BCUT2D eigenvalue weighted by atomic mass is 16.2. The van der Waals surface area contributed by atoms with Gasteiger partial charge in [0.25, 0.3) is 11.5 Å². The highest BCUT2D eigenvalue weighted by Crippen LogP contribution is 2.32. The molecule has 0 unspecified atom stereocenters. The fourth-order valence-corrected chi connectivity index (χ4v) is 3.31. The van der Waals surface area contributed by atoms with Crippen LogP contribution in [0.4, 0.5) is 5.82 Å². The van der Waals surface area contributed by atoms with E-state index in [1.54, 1.807) is 6.92 Å². The Bertz CT molecular complexity index is 1350. The fraction of sp³-hybridized carbons (Fsp3) is 0.0870. The highest BCUT2D eigenvalue weighted by Gasteiger charge is 2.25. The van der Waals surface area contributed by atoms with Crippen LogP contribution in [0.3, 0.4) is 0 Å². The Morgan fingerprint density at radius 3 is 2.23 bits per heavy atom. The van der Waals surface area contributed by atoms with Crippen LogP contribution >= 0.6 is 0 Å². The molecule has 8 nitrogen and oxygen atoms in total. The summed E-state index contributed by atoms with van der Waals surface area (Å²) in [5.41, 5.74) is 1.22. The van der Waals surface area contributed by atoms with E-state index < -0.39 is 17.2 Å². The molecule has 4 rings (SSSR count). The molecular formula is C23H19N5O3. The van der Waals surface area contributed by atoms with Crippen LogP contribution in [0.1, 0.15) is 17.3 Å². The van der Waals surface area contributed by atoms with Crippen molar-refractivity contribution < 1.29 is 4.79 Å². The lowest BCUT2D eigenvalue weighted by Crippen LogP contribution is -2.32. The van der Waals surface area contributed by atoms with Gasteiger partial charge in [-0.25, -0.2) is 14.5 Å². The van der Waals surface area contributed by atoms with Crippen LogP contribution in [0.15, 0.2) is 82.5 Å². The fourth-order valence-electron chi connectivity index (χ4n) is 3.31. The van der Waals surface area contributed by atoms with E-state index in [0.717, 1.165) is 5.56 Å². The molecule has 2 aromatic carbocycles. The zero-order chi connectivity index (χ0) is 21.8. The molecule has 0 bridgehead atoms. The lowest BCUT2D eigenvalue weighted by molar-refractivity contribution is 0.102. The van der Waals surface area contributed by atoms with Crippen molar-refractivity contribution in [1.29, 1.82) is 0 Å². The second kappa shape index (κ2) is 8.58. The minimum Gasteiger partial charge on any atom is -0.308 e. The van der Waals surface area contributed by atoms with Gasteiger partial charge in [-0.2, -0.15) is 5.10 Å². The Balaban J connectivity index is 1.99. The Labute approximate surface area is 177 Å². The lowest BCUT2D eigenvalue weighted by atomic mass is 9.95. The van der Waals surface area contributed by atoms with Crippen molar-refractivity contribution >= 4 is 11.7 Å². The Morgan fingerprint density at radius 2 is 1.61 bits per heavy atom. The summed E-state index contributed by atoms with van der Waals surface area (Å²) in [5.74, 6) is -0.503. The number of anilines is 1. The van der Waals surface area contributed by atoms with Gasteiger partial charge in [0.05, 0.1) is 5.69 Å². The predicted molar refractivity (Wildman–Crippen MR) is 118 cm³/mol. The van der Waals surface area contributed by atoms with Crippen molar-refractivity contribution in [1.82, 2.24) is 19.7 Å². The first-order valence-corrected chi connectivity index (χ1v) is 9.71. The first-order chi connectivity index (χ1) is 15.1. The molecule has 0 aliphatic heterocycles. The zero-order valence-electron chi connectivity index (χ0n) is 16.7. The summed E-state index contributed by atoms with van der Waals surface area (Å²) < 4.78 is 1.26. The molecule has 1 amide bonds. The molecule has 0 fully saturated rings. The smallest absolute Gasteiger partial charge is 0.308 e. The molecule has 0 spiro atoms. The minimum atomic E-state index is -0.646. The van der Waals surface area contributed by atoms with Crippen LogP contribution in [-0.2, 0) is 6.54 Å². The van der Waals surface area contributed by atoms with Gasteiger partial charge in [0.2, 0.25) is 0 Å². The maximum atomic E-state index is 13.3. The summed E-state index contributed by atoms with van der Waals surface area (Å²) in [5, 5.41) is 7.16. The maximum Gasteiger partial charge on any atom is 0.346 e. The van der Waals surface area contributed by atoms with Crippen LogP contribution in [0, 0.1) is 0 Å². The number of amides is 1. The lowest BCUT2D eigenvalue weighted by Gasteiger charge is -2.16. The molecule has 31 heavy (non-hydrogen) atoms. The SMILES string of the molecule is CCn1nc(-c2ccccc2)c(-c2ccccc2)c(C(=O)Nc2ccnc(=O)[nH]2)c1=O. The molecule has 0 atom stereocenters. The monoisotopic (exact) mass is 413 g/mol. The third-order valence-corrected chi connectivity index (χ3v) is 4.71. The molecule has 2 heterocycles. The van der Waals surface area contributed by atoms with Crippen LogP contribution in [0.25, 0.3) is 22.4 Å². The first kappa shape index (κ1) is 20.0. The summed E-state index contributed by atoms with van der Waals surface area (Å²) in [6.45, 7) is 2.08. The van der Waals surface area contributed by atoms with Gasteiger partial charge in [0.1, 0.15) is 11.4 Å². The van der Waals surface area contributed by atoms with Crippen molar-refractivity contribution in [2.75, 3.05) is 5.32 Å². The van der Waals surface area contributed by atoms with E-state index in [2.05, 4.69) is 20.4 Å². The number of nitrogens with zero attached hydrogens (tertiary/aromatic N) is 3. The maximum absolute atomic E-state index is 13.3. The summed E-state index contributed by atoms with van der Waals surface area (Å²) in [7, 11) is 0. The second-order valence-corrected chi connectivity index (χ2v) is 6.69. The van der Waals surface area contributed by atoms with Gasteiger partial charge in [-0.3, -0.25) is 14.6 Å². The molecule has 0 aliphatic carbocycles. The van der Waals surface area contributed by atoms with E-state index in [1.807, 2.05) is 60.7 Å². The Hall–Kier alpha value is -4.33. The average molecular weight is 413 g/mol. The highest BCUT2D eigenvalue weighted by molar-refractivity contribution is 6.10. The van der Waals surface area contributed by atoms with Crippen LogP contribution < -0.4 is 16.6 Å². The number of nitrogens with one attached hydrogen (secondary N) is 2. The number of benzene rings is 2. The summed E-state index contributed by atoms with van der Waals surface area (Å²) in [6.07, 6.45) is 1.28. The minimum absolute atomic E-state index is 0.0560. The van der Waals surface area contributed by atoms with E-state index >= 15 is 0 Å². The molecule has 0 radical (unpaired) electrons. The molecule has 4 aromatic rings. The van der Waals surface area contributed by atoms with Crippen molar-refractivity contribution in [2.45, 2.75) is 13.5 Å². The van der Waals surface area contributed by atoms with E-state index in [-0.39, 0.29) is 11.4 Å². The quantitative estimate of drug-likeness (QED) is 0.523. The van der Waals surface area contributed by atoms with E-state index in [0.29, 0.717) is 23.4 Å². The van der Waals surface area contributed by atoms with Gasteiger partial charge in [0, 0.05) is 23.9 Å². The molecule has 0 saturated heterocycles. The number of aryl methyl sites for hydroxylation is 1. The molecule has 0 aliphatic rings. The first-order valence-electron chi connectivity index (χ1n) is 9.71. The summed E-state index contributed by atoms with van der Waals surface area (Å²) in [6, 6.07) is 20.0. The number of carbonyl (C=O) groups is 1. The van der Waals surface area contributed by atoms with Gasteiger partial charge < -0.3 is 5.32 Å². The third-order valence-electron chi connectivity index (χ3n) is 4.71. The molecule has 0 saturated carbocycles. The topological polar surface area (TPSA) is 110 Å². The van der Waals surface area contributed by atoms with Crippen molar-refractivity contribution in [3.8, 4) is 22.4 Å². The number of aromatic nitrogens is 4. The summed E-state index contributed by atoms with van der Waals surface area (Å²) >= 11 is 0. The zero-order valence-corrected chi connectivity index (χ0v) is 16.7. The standard InChI is InChI=1S/C23H19N5O3/c1-2-28-22(30)19(21(29)25-17-13-14-24-23(31)26-17)18(15-9-5-3-6-10-15)20(27-28)16-11-7-4-8-12-16/h3-14H,2H2,1H3,(H2,24,25,26,29,31). The van der Waals surface area contributed by atoms with Crippen LogP contribution in [-0.4, -0.2) is 25.7 Å². The van der Waals surface area contributed by atoms with Gasteiger partial charge in [-0.05, 0) is 18.6 Å². The van der Waals surface area contributed by atoms with Gasteiger partial charge in [-0.1, -0.05) is 60.7 Å². The van der Waals surface area contributed by atoms with Crippen molar-refractivity contribution in [3.63, 3.8) is 0 Å². The van der Waals surface area contributed by atoms with Gasteiger partial charge in [-0.15, -0.1) is 0 Å². The van der Waals surface area contributed by atoms with E-state index in [4.69, 9.17) is 0 Å². The third kappa shape index (κ3) is 4.04. The molecule has 2 N–H and O–H groups in total. The second-order valence-electron chi connectivity index (χ2n) is 6.69. The number of carbonyl (C=O) groups excluding carboxylic acids is 1. The van der Waals surface area contributed by atoms with Crippen LogP contribution in [0.2, 0.25) is 0 Å². The molecule has 154 valence electrons. The average Bonchev–Trinajstić information content (AvgIpc) is 2.79. The van der Waals surface area contributed by atoms with E-state index in [1.165, 1.54) is 16.9 Å². The number of hydrogen-bond donors (Lipinski definition) is 2. The number of hydrogen-bond acceptors (Lipinski definition) is 5. The van der Waals surface area contributed by atoms with Gasteiger partial charge in [0.15, 0.2) is 0 Å². The number of rotatable bonds is 5. The van der Waals surface area contributed by atoms with Crippen molar-refractivity contribution in [2.24, 2.45) is 0 Å². The van der Waals surface area contributed by atoms with Crippen LogP contribution in [0.5, 0.6) is 0 Å². The normalized spacial score (nSPS) is 10.6. The van der Waals surface area contributed by atoms with E-state index in [9.17, 15) is 14.4 Å². The Morgan fingerprint density at radius 1 is 0.968 bits per heavy atom. The molecule has 2 aromatic heterocycles. The molecular weight excluding hydrogens is 394 g/mol. The van der Waals surface area contributed by atoms with Crippen molar-refractivity contribution in [3.05, 3.63) is 99.3 Å². The Kier molecular flexibility index (Phi) is 5.53. The number of H-pyrrole nitrogens is 1. The number of aromatic amines is 1. The largest absolute Gasteiger partial charge is 0.346 e.